The van der Waals surface area contributed by atoms with Gasteiger partial charge in [-0.05, 0) is 12.3 Å². The van der Waals surface area contributed by atoms with E-state index in [1.165, 1.54) is 0 Å². The number of rotatable bonds is 13. The van der Waals surface area contributed by atoms with E-state index in [9.17, 15) is 29.1 Å². The summed E-state index contributed by atoms with van der Waals surface area (Å²) in [5, 5.41) is 24.9. The Bertz CT molecular complexity index is 584. The van der Waals surface area contributed by atoms with Gasteiger partial charge in [-0.15, -0.1) is 0 Å². The Labute approximate surface area is 162 Å². The lowest BCUT2D eigenvalue weighted by molar-refractivity contribution is -0.142. The molecule has 0 aliphatic heterocycles. The molecule has 0 rings (SSSR count). The molecular formula is C16H29N5O7. The van der Waals surface area contributed by atoms with Crippen LogP contribution >= 0.6 is 0 Å². The van der Waals surface area contributed by atoms with Crippen LogP contribution in [-0.2, 0) is 24.0 Å². The molecule has 12 heteroatoms. The van der Waals surface area contributed by atoms with Gasteiger partial charge in [-0.3, -0.25) is 19.2 Å². The Morgan fingerprint density at radius 3 is 2.11 bits per heavy atom. The van der Waals surface area contributed by atoms with E-state index in [0.717, 1.165) is 0 Å². The van der Waals surface area contributed by atoms with E-state index in [-0.39, 0.29) is 18.8 Å². The van der Waals surface area contributed by atoms with Gasteiger partial charge in [0, 0.05) is 6.42 Å². The minimum Gasteiger partial charge on any atom is -0.480 e. The van der Waals surface area contributed by atoms with Crippen molar-refractivity contribution in [2.45, 2.75) is 51.2 Å². The van der Waals surface area contributed by atoms with Crippen LogP contribution in [0.5, 0.6) is 0 Å². The number of aliphatic hydroxyl groups excluding tert-OH is 1. The number of carbonyl (C=O) groups is 5. The van der Waals surface area contributed by atoms with Crippen LogP contribution in [0, 0.1) is 5.92 Å². The fourth-order valence-electron chi connectivity index (χ4n) is 2.05. The van der Waals surface area contributed by atoms with Gasteiger partial charge in [0.05, 0.1) is 19.2 Å². The summed E-state index contributed by atoms with van der Waals surface area (Å²) in [6.45, 7) is 2.37. The smallest absolute Gasteiger partial charge is 0.326 e. The van der Waals surface area contributed by atoms with Gasteiger partial charge in [-0.2, -0.15) is 0 Å². The minimum absolute atomic E-state index is 0.0904. The first-order valence-corrected chi connectivity index (χ1v) is 8.78. The Morgan fingerprint density at radius 1 is 1.04 bits per heavy atom. The minimum atomic E-state index is -1.44. The number of nitrogens with one attached hydrogen (secondary N) is 3. The zero-order valence-corrected chi connectivity index (χ0v) is 15.9. The third-order valence-electron chi connectivity index (χ3n) is 4.11. The average molecular weight is 403 g/mol. The molecule has 0 saturated carbocycles. The number of hydrogen-bond acceptors (Lipinski definition) is 7. The Morgan fingerprint density at radius 2 is 1.64 bits per heavy atom. The first-order chi connectivity index (χ1) is 13.0. The highest BCUT2D eigenvalue weighted by molar-refractivity contribution is 5.92. The molecule has 0 bridgehead atoms. The van der Waals surface area contributed by atoms with E-state index in [1.54, 1.807) is 6.92 Å². The molecule has 0 aliphatic rings. The molecule has 0 aliphatic carbocycles. The van der Waals surface area contributed by atoms with Crippen LogP contribution in [0.25, 0.3) is 0 Å². The van der Waals surface area contributed by atoms with Crippen molar-refractivity contribution >= 4 is 29.6 Å². The van der Waals surface area contributed by atoms with Crippen molar-refractivity contribution in [3.8, 4) is 0 Å². The van der Waals surface area contributed by atoms with Crippen molar-refractivity contribution in [1.29, 1.82) is 0 Å². The lowest BCUT2D eigenvalue weighted by Crippen LogP contribution is -2.55. The number of aliphatic hydroxyl groups is 1. The van der Waals surface area contributed by atoms with Crippen LogP contribution in [0.3, 0.4) is 0 Å². The number of hydrogen-bond donors (Lipinski definition) is 7. The number of nitrogens with two attached hydrogens (primary N) is 2. The molecule has 28 heavy (non-hydrogen) atoms. The molecule has 0 aromatic rings. The van der Waals surface area contributed by atoms with Gasteiger partial charge < -0.3 is 37.6 Å². The quantitative estimate of drug-likeness (QED) is 0.166. The first-order valence-electron chi connectivity index (χ1n) is 8.78. The fourth-order valence-corrected chi connectivity index (χ4v) is 2.05. The highest BCUT2D eigenvalue weighted by atomic mass is 16.4. The molecule has 4 atom stereocenters. The summed E-state index contributed by atoms with van der Waals surface area (Å²) in [7, 11) is 0. The van der Waals surface area contributed by atoms with E-state index < -0.39 is 60.9 Å². The molecule has 0 radical (unpaired) electrons. The normalized spacial score (nSPS) is 14.9. The number of carboxylic acids is 1. The van der Waals surface area contributed by atoms with Gasteiger partial charge in [0.25, 0.3) is 0 Å². The zero-order valence-electron chi connectivity index (χ0n) is 15.9. The summed E-state index contributed by atoms with van der Waals surface area (Å²) in [6.07, 6.45) is 0.163. The second-order valence-corrected chi connectivity index (χ2v) is 6.34. The molecule has 4 amide bonds. The number of aliphatic carboxylic acids is 1. The predicted molar refractivity (Wildman–Crippen MR) is 97.5 cm³/mol. The maximum Gasteiger partial charge on any atom is 0.326 e. The van der Waals surface area contributed by atoms with Crippen molar-refractivity contribution < 1.29 is 34.2 Å². The predicted octanol–water partition coefficient (Wildman–Crippen LogP) is -3.21. The Kier molecular flexibility index (Phi) is 11.4. The highest BCUT2D eigenvalue weighted by Gasteiger charge is 2.27. The van der Waals surface area contributed by atoms with Crippen molar-refractivity contribution in [3.63, 3.8) is 0 Å². The van der Waals surface area contributed by atoms with Gasteiger partial charge in [-0.25, -0.2) is 4.79 Å². The van der Waals surface area contributed by atoms with Crippen molar-refractivity contribution in [2.24, 2.45) is 17.4 Å². The van der Waals surface area contributed by atoms with Gasteiger partial charge in [-0.1, -0.05) is 20.3 Å². The van der Waals surface area contributed by atoms with E-state index >= 15 is 0 Å². The fraction of sp³-hybridized carbons (Fsp3) is 0.688. The summed E-state index contributed by atoms with van der Waals surface area (Å²) in [5.41, 5.74) is 10.7. The summed E-state index contributed by atoms with van der Waals surface area (Å²) >= 11 is 0. The second-order valence-electron chi connectivity index (χ2n) is 6.34. The third-order valence-corrected chi connectivity index (χ3v) is 4.11. The molecule has 0 aromatic carbocycles. The van der Waals surface area contributed by atoms with Crippen molar-refractivity contribution in [1.82, 2.24) is 16.0 Å². The van der Waals surface area contributed by atoms with Crippen molar-refractivity contribution in [2.75, 3.05) is 13.2 Å². The monoisotopic (exact) mass is 403 g/mol. The summed E-state index contributed by atoms with van der Waals surface area (Å²) in [5.74, 6) is -4.50. The van der Waals surface area contributed by atoms with Crippen LogP contribution in [-0.4, -0.2) is 71.1 Å². The molecule has 0 spiro atoms. The molecule has 160 valence electrons. The third kappa shape index (κ3) is 9.28. The second kappa shape index (κ2) is 12.6. The molecule has 9 N–H and O–H groups in total. The number of amides is 4. The SMILES string of the molecule is CCC(C)C(N)C(=O)NCC(=O)NC(CO)C(=O)NC(CCC(N)=O)C(=O)O. The average Bonchev–Trinajstić information content (AvgIpc) is 2.65. The number of primary amides is 1. The number of carbonyl (C=O) groups excluding carboxylic acids is 4. The molecule has 0 saturated heterocycles. The van der Waals surface area contributed by atoms with Gasteiger partial charge in [0.2, 0.25) is 23.6 Å². The van der Waals surface area contributed by atoms with E-state index in [4.69, 9.17) is 16.6 Å². The summed E-state index contributed by atoms with van der Waals surface area (Å²) in [6, 6.07) is -3.65. The van der Waals surface area contributed by atoms with Crippen LogP contribution in [0.2, 0.25) is 0 Å². The Balaban J connectivity index is 4.66. The van der Waals surface area contributed by atoms with E-state index in [0.29, 0.717) is 6.42 Å². The lowest BCUT2D eigenvalue weighted by Gasteiger charge is -2.20. The standard InChI is InChI=1S/C16H29N5O7/c1-3-8(2)13(18)15(26)19-6-12(24)20-10(7-22)14(25)21-9(16(27)28)4-5-11(17)23/h8-10,13,22H,3-7,18H2,1-2H3,(H2,17,23)(H,19,26)(H,20,24)(H,21,25)(H,27,28). The molecule has 0 aromatic heterocycles. The molecule has 0 fully saturated rings. The van der Waals surface area contributed by atoms with E-state index in [2.05, 4.69) is 16.0 Å². The maximum atomic E-state index is 12.1. The highest BCUT2D eigenvalue weighted by Crippen LogP contribution is 2.04. The van der Waals surface area contributed by atoms with Crippen LogP contribution in [0.4, 0.5) is 0 Å². The molecule has 12 nitrogen and oxygen atoms in total. The zero-order chi connectivity index (χ0) is 21.9. The van der Waals surface area contributed by atoms with Crippen LogP contribution in [0.15, 0.2) is 0 Å². The van der Waals surface area contributed by atoms with Gasteiger partial charge in [0.1, 0.15) is 12.1 Å². The number of carboxylic acid groups (broad SMARTS) is 1. The summed E-state index contributed by atoms with van der Waals surface area (Å²) < 4.78 is 0. The Hall–Kier alpha value is -2.73. The lowest BCUT2D eigenvalue weighted by atomic mass is 9.99. The van der Waals surface area contributed by atoms with Crippen molar-refractivity contribution in [3.05, 3.63) is 0 Å². The molecule has 0 heterocycles. The molecule has 4 unspecified atom stereocenters. The summed E-state index contributed by atoms with van der Waals surface area (Å²) in [4.78, 5) is 57.7. The van der Waals surface area contributed by atoms with Gasteiger partial charge >= 0.3 is 5.97 Å². The largest absolute Gasteiger partial charge is 0.480 e. The van der Waals surface area contributed by atoms with Crippen LogP contribution in [0.1, 0.15) is 33.1 Å². The van der Waals surface area contributed by atoms with Crippen LogP contribution < -0.4 is 27.4 Å². The first kappa shape index (κ1) is 25.3. The molecular weight excluding hydrogens is 374 g/mol. The van der Waals surface area contributed by atoms with E-state index in [1.807, 2.05) is 6.92 Å². The topological polar surface area (TPSA) is 214 Å². The maximum absolute atomic E-state index is 12.1. The van der Waals surface area contributed by atoms with Gasteiger partial charge in [0.15, 0.2) is 0 Å².